The summed E-state index contributed by atoms with van der Waals surface area (Å²) in [6, 6.07) is 10.3. The first kappa shape index (κ1) is 12.8. The maximum Gasteiger partial charge on any atom is 0.0950 e. The quantitative estimate of drug-likeness (QED) is 0.728. The molecule has 0 fully saturated rings. The van der Waals surface area contributed by atoms with Crippen LogP contribution in [0.4, 0.5) is 0 Å². The summed E-state index contributed by atoms with van der Waals surface area (Å²) in [6.07, 6.45) is 5.12. The standard InChI is InChI=1S/C15H20N2O/c1-13(2)18-10-6-9-17-12-16-11-15(17)14-7-4-3-5-8-14/h3-5,7-8,11-13H,6,9-10H2,1-2H3. The maximum absolute atomic E-state index is 5.55. The van der Waals surface area contributed by atoms with Crippen molar-refractivity contribution in [3.05, 3.63) is 42.9 Å². The summed E-state index contributed by atoms with van der Waals surface area (Å²) in [5.74, 6) is 0. The second-order valence-corrected chi connectivity index (χ2v) is 4.61. The van der Waals surface area contributed by atoms with Gasteiger partial charge in [0.1, 0.15) is 0 Å². The van der Waals surface area contributed by atoms with Crippen molar-refractivity contribution in [2.24, 2.45) is 0 Å². The number of aromatic nitrogens is 2. The van der Waals surface area contributed by atoms with Crippen molar-refractivity contribution < 1.29 is 4.74 Å². The van der Waals surface area contributed by atoms with Crippen molar-refractivity contribution in [2.45, 2.75) is 32.9 Å². The zero-order valence-electron chi connectivity index (χ0n) is 11.0. The number of aryl methyl sites for hydroxylation is 1. The highest BCUT2D eigenvalue weighted by Gasteiger charge is 2.04. The summed E-state index contributed by atoms with van der Waals surface area (Å²) >= 11 is 0. The van der Waals surface area contributed by atoms with Crippen molar-refractivity contribution in [1.82, 2.24) is 9.55 Å². The third-order valence-corrected chi connectivity index (χ3v) is 2.78. The number of hydrogen-bond donors (Lipinski definition) is 0. The van der Waals surface area contributed by atoms with Gasteiger partial charge in [-0.2, -0.15) is 0 Å². The topological polar surface area (TPSA) is 27.1 Å². The zero-order chi connectivity index (χ0) is 12.8. The van der Waals surface area contributed by atoms with Gasteiger partial charge in [-0.1, -0.05) is 30.3 Å². The Labute approximate surface area is 108 Å². The van der Waals surface area contributed by atoms with Crippen molar-refractivity contribution in [3.63, 3.8) is 0 Å². The molecule has 0 atom stereocenters. The number of hydrogen-bond acceptors (Lipinski definition) is 2. The molecule has 2 rings (SSSR count). The van der Waals surface area contributed by atoms with E-state index in [1.807, 2.05) is 18.6 Å². The highest BCUT2D eigenvalue weighted by molar-refractivity contribution is 5.58. The molecule has 0 saturated heterocycles. The minimum Gasteiger partial charge on any atom is -0.379 e. The molecular weight excluding hydrogens is 224 g/mol. The van der Waals surface area contributed by atoms with Gasteiger partial charge in [0, 0.05) is 13.2 Å². The van der Waals surface area contributed by atoms with Gasteiger partial charge >= 0.3 is 0 Å². The molecule has 0 unspecified atom stereocenters. The molecule has 3 nitrogen and oxygen atoms in total. The number of benzene rings is 1. The molecule has 0 aliphatic rings. The van der Waals surface area contributed by atoms with E-state index in [-0.39, 0.29) is 0 Å². The monoisotopic (exact) mass is 244 g/mol. The van der Waals surface area contributed by atoms with Crippen LogP contribution in [0, 0.1) is 0 Å². The predicted octanol–water partition coefficient (Wildman–Crippen LogP) is 3.37. The van der Waals surface area contributed by atoms with E-state index in [0.29, 0.717) is 6.10 Å². The lowest BCUT2D eigenvalue weighted by Crippen LogP contribution is -2.07. The predicted molar refractivity (Wildman–Crippen MR) is 73.4 cm³/mol. The Morgan fingerprint density at radius 3 is 2.72 bits per heavy atom. The van der Waals surface area contributed by atoms with Crippen LogP contribution in [0.2, 0.25) is 0 Å². The minimum absolute atomic E-state index is 0.307. The molecule has 3 heteroatoms. The van der Waals surface area contributed by atoms with Crippen LogP contribution in [0.25, 0.3) is 11.3 Å². The van der Waals surface area contributed by atoms with Gasteiger partial charge in [0.15, 0.2) is 0 Å². The Morgan fingerprint density at radius 2 is 2.00 bits per heavy atom. The molecule has 0 aliphatic carbocycles. The second kappa shape index (κ2) is 6.36. The van der Waals surface area contributed by atoms with E-state index in [0.717, 1.165) is 19.6 Å². The SMILES string of the molecule is CC(C)OCCCn1cncc1-c1ccccc1. The van der Waals surface area contributed by atoms with Crippen molar-refractivity contribution in [3.8, 4) is 11.3 Å². The summed E-state index contributed by atoms with van der Waals surface area (Å²) < 4.78 is 7.73. The fourth-order valence-corrected chi connectivity index (χ4v) is 1.90. The van der Waals surface area contributed by atoms with Gasteiger partial charge in [-0.05, 0) is 25.8 Å². The Hall–Kier alpha value is -1.61. The molecule has 18 heavy (non-hydrogen) atoms. The maximum atomic E-state index is 5.55. The van der Waals surface area contributed by atoms with Crippen LogP contribution < -0.4 is 0 Å². The Balaban J connectivity index is 1.96. The highest BCUT2D eigenvalue weighted by atomic mass is 16.5. The van der Waals surface area contributed by atoms with Crippen LogP contribution in [0.3, 0.4) is 0 Å². The van der Waals surface area contributed by atoms with Gasteiger partial charge < -0.3 is 9.30 Å². The molecular formula is C15H20N2O. The van der Waals surface area contributed by atoms with Crippen molar-refractivity contribution in [2.75, 3.05) is 6.61 Å². The fourth-order valence-electron chi connectivity index (χ4n) is 1.90. The second-order valence-electron chi connectivity index (χ2n) is 4.61. The molecule has 0 bridgehead atoms. The van der Waals surface area contributed by atoms with E-state index < -0.39 is 0 Å². The third-order valence-electron chi connectivity index (χ3n) is 2.78. The van der Waals surface area contributed by atoms with Gasteiger partial charge in [0.25, 0.3) is 0 Å². The van der Waals surface area contributed by atoms with Gasteiger partial charge in [-0.25, -0.2) is 4.98 Å². The van der Waals surface area contributed by atoms with Crippen LogP contribution in [0.1, 0.15) is 20.3 Å². The Kier molecular flexibility index (Phi) is 4.53. The normalized spacial score (nSPS) is 11.1. The molecule has 0 saturated carbocycles. The molecule has 1 aromatic heterocycles. The van der Waals surface area contributed by atoms with Crippen molar-refractivity contribution >= 4 is 0 Å². The molecule has 0 radical (unpaired) electrons. The van der Waals surface area contributed by atoms with Crippen molar-refractivity contribution in [1.29, 1.82) is 0 Å². The number of nitrogens with zero attached hydrogens (tertiary/aromatic N) is 2. The van der Waals surface area contributed by atoms with Gasteiger partial charge in [-0.15, -0.1) is 0 Å². The molecule has 0 aliphatic heterocycles. The third kappa shape index (κ3) is 3.44. The molecule has 2 aromatic rings. The average molecular weight is 244 g/mol. The fraction of sp³-hybridized carbons (Fsp3) is 0.400. The average Bonchev–Trinajstić information content (AvgIpc) is 2.84. The summed E-state index contributed by atoms with van der Waals surface area (Å²) in [7, 11) is 0. The number of imidazole rings is 1. The van der Waals surface area contributed by atoms with Gasteiger partial charge in [0.05, 0.1) is 24.3 Å². The number of ether oxygens (including phenoxy) is 1. The minimum atomic E-state index is 0.307. The first-order chi connectivity index (χ1) is 8.77. The van der Waals surface area contributed by atoms with E-state index in [1.165, 1.54) is 11.3 Å². The van der Waals surface area contributed by atoms with E-state index in [2.05, 4.69) is 47.7 Å². The largest absolute Gasteiger partial charge is 0.379 e. The molecule has 0 spiro atoms. The molecule has 0 amide bonds. The van der Waals surface area contributed by atoms with Crippen LogP contribution in [0.5, 0.6) is 0 Å². The summed E-state index contributed by atoms with van der Waals surface area (Å²) in [6.45, 7) is 5.86. The Bertz CT molecular complexity index is 462. The van der Waals surface area contributed by atoms with Crippen LogP contribution in [0.15, 0.2) is 42.9 Å². The van der Waals surface area contributed by atoms with E-state index in [9.17, 15) is 0 Å². The van der Waals surface area contributed by atoms with E-state index in [4.69, 9.17) is 4.74 Å². The van der Waals surface area contributed by atoms with E-state index >= 15 is 0 Å². The lowest BCUT2D eigenvalue weighted by Gasteiger charge is -2.10. The first-order valence-electron chi connectivity index (χ1n) is 6.44. The van der Waals surface area contributed by atoms with Crippen LogP contribution in [-0.2, 0) is 11.3 Å². The lowest BCUT2D eigenvalue weighted by atomic mass is 10.2. The molecule has 1 heterocycles. The van der Waals surface area contributed by atoms with E-state index in [1.54, 1.807) is 0 Å². The smallest absolute Gasteiger partial charge is 0.0950 e. The lowest BCUT2D eigenvalue weighted by molar-refractivity contribution is 0.0749. The Morgan fingerprint density at radius 1 is 1.22 bits per heavy atom. The van der Waals surface area contributed by atoms with Crippen LogP contribution >= 0.6 is 0 Å². The molecule has 0 N–H and O–H groups in total. The summed E-state index contributed by atoms with van der Waals surface area (Å²) in [5.41, 5.74) is 2.37. The molecule has 1 aromatic carbocycles. The first-order valence-corrected chi connectivity index (χ1v) is 6.44. The zero-order valence-corrected chi connectivity index (χ0v) is 11.0. The van der Waals surface area contributed by atoms with Gasteiger partial charge in [-0.3, -0.25) is 0 Å². The number of rotatable bonds is 6. The summed E-state index contributed by atoms with van der Waals surface area (Å²) in [4.78, 5) is 4.23. The highest BCUT2D eigenvalue weighted by Crippen LogP contribution is 2.18. The van der Waals surface area contributed by atoms with Crippen LogP contribution in [-0.4, -0.2) is 22.3 Å². The summed E-state index contributed by atoms with van der Waals surface area (Å²) in [5, 5.41) is 0. The molecule has 96 valence electrons. The van der Waals surface area contributed by atoms with Gasteiger partial charge in [0.2, 0.25) is 0 Å².